The van der Waals surface area contributed by atoms with Crippen molar-refractivity contribution in [2.45, 2.75) is 11.0 Å². The molecule has 0 saturated heterocycles. The largest absolute Gasteiger partial charge is 0.394 e. The van der Waals surface area contributed by atoms with Crippen LogP contribution >= 0.6 is 34.4 Å². The van der Waals surface area contributed by atoms with Gasteiger partial charge in [-0.3, -0.25) is 4.84 Å². The second-order valence-corrected chi connectivity index (χ2v) is 7.54. The van der Waals surface area contributed by atoms with Crippen LogP contribution in [-0.4, -0.2) is 35.4 Å². The number of aliphatic hydroxyl groups excluding tert-OH is 2. The molecule has 3 rings (SSSR count). The highest BCUT2D eigenvalue weighted by molar-refractivity contribution is 14.1. The Morgan fingerprint density at radius 3 is 2.76 bits per heavy atom. The van der Waals surface area contributed by atoms with Gasteiger partial charge in [0.1, 0.15) is 24.2 Å². The lowest BCUT2D eigenvalue weighted by Gasteiger charge is -2.21. The summed E-state index contributed by atoms with van der Waals surface area (Å²) in [5, 5.41) is 22.3. The molecule has 134 valence electrons. The first-order valence-electron chi connectivity index (χ1n) is 7.36. The van der Waals surface area contributed by atoms with Gasteiger partial charge < -0.3 is 15.5 Å². The molecule has 1 aliphatic rings. The van der Waals surface area contributed by atoms with Crippen LogP contribution < -0.4 is 10.4 Å². The van der Waals surface area contributed by atoms with Crippen LogP contribution in [0, 0.1) is 15.2 Å². The molecule has 3 N–H and O–H groups in total. The third-order valence-electron chi connectivity index (χ3n) is 3.50. The first kappa shape index (κ1) is 18.6. The second kappa shape index (κ2) is 8.04. The fraction of sp³-hybridized carbons (Fsp3) is 0.250. The van der Waals surface area contributed by atoms with E-state index in [9.17, 15) is 13.9 Å². The molecule has 1 atom stereocenters. The summed E-state index contributed by atoms with van der Waals surface area (Å²) in [7, 11) is 0. The van der Waals surface area contributed by atoms with Gasteiger partial charge in [-0.1, -0.05) is 11.8 Å². The van der Waals surface area contributed by atoms with Gasteiger partial charge in [0.2, 0.25) is 0 Å². The van der Waals surface area contributed by atoms with E-state index in [1.54, 1.807) is 24.3 Å². The fourth-order valence-corrected chi connectivity index (χ4v) is 3.66. The minimum absolute atomic E-state index is 0.123. The van der Waals surface area contributed by atoms with E-state index >= 15 is 0 Å². The van der Waals surface area contributed by atoms with Crippen molar-refractivity contribution in [3.63, 3.8) is 0 Å². The normalized spacial score (nSPS) is 14.5. The Bertz CT molecular complexity index is 781. The SMILES string of the molecule is OCC(O)CON1CSc2ccc(Nc3ccc(I)cc3F)c(F)c21. The summed E-state index contributed by atoms with van der Waals surface area (Å²) in [6, 6.07) is 7.89. The lowest BCUT2D eigenvalue weighted by Crippen LogP contribution is -2.28. The first-order chi connectivity index (χ1) is 12.0. The minimum atomic E-state index is -1.04. The summed E-state index contributed by atoms with van der Waals surface area (Å²) in [6.45, 7) is -0.594. The van der Waals surface area contributed by atoms with Crippen LogP contribution in [0.3, 0.4) is 0 Å². The number of thioether (sulfide) groups is 1. The highest BCUT2D eigenvalue weighted by Crippen LogP contribution is 2.43. The van der Waals surface area contributed by atoms with Crippen LogP contribution in [0.4, 0.5) is 25.8 Å². The molecule has 2 aromatic rings. The van der Waals surface area contributed by atoms with E-state index in [-0.39, 0.29) is 23.7 Å². The number of benzene rings is 2. The number of anilines is 3. The van der Waals surface area contributed by atoms with E-state index in [2.05, 4.69) is 5.32 Å². The molecule has 0 fully saturated rings. The van der Waals surface area contributed by atoms with Crippen molar-refractivity contribution in [3.8, 4) is 0 Å². The van der Waals surface area contributed by atoms with Crippen molar-refractivity contribution in [2.24, 2.45) is 0 Å². The van der Waals surface area contributed by atoms with E-state index in [0.717, 1.165) is 3.57 Å². The van der Waals surface area contributed by atoms with Crippen molar-refractivity contribution in [2.75, 3.05) is 29.5 Å². The minimum Gasteiger partial charge on any atom is -0.394 e. The molecule has 0 saturated carbocycles. The molecule has 5 nitrogen and oxygen atoms in total. The Kier molecular flexibility index (Phi) is 6.00. The van der Waals surface area contributed by atoms with Gasteiger partial charge in [0, 0.05) is 8.47 Å². The molecule has 2 aromatic carbocycles. The van der Waals surface area contributed by atoms with Crippen LogP contribution in [-0.2, 0) is 4.84 Å². The zero-order chi connectivity index (χ0) is 18.0. The molecule has 0 aromatic heterocycles. The van der Waals surface area contributed by atoms with Gasteiger partial charge in [-0.2, -0.15) is 0 Å². The number of hydrogen-bond donors (Lipinski definition) is 3. The number of aliphatic hydroxyl groups is 2. The molecule has 1 unspecified atom stereocenters. The van der Waals surface area contributed by atoms with Gasteiger partial charge >= 0.3 is 0 Å². The van der Waals surface area contributed by atoms with Crippen molar-refractivity contribution in [1.82, 2.24) is 0 Å². The van der Waals surface area contributed by atoms with Gasteiger partial charge in [-0.25, -0.2) is 13.8 Å². The van der Waals surface area contributed by atoms with Crippen LogP contribution in [0.1, 0.15) is 0 Å². The van der Waals surface area contributed by atoms with Crippen molar-refractivity contribution in [1.29, 1.82) is 0 Å². The highest BCUT2D eigenvalue weighted by atomic mass is 127. The zero-order valence-electron chi connectivity index (χ0n) is 12.9. The predicted octanol–water partition coefficient (Wildman–Crippen LogP) is 3.47. The number of rotatable bonds is 6. The maximum atomic E-state index is 14.9. The number of nitrogens with zero attached hydrogens (tertiary/aromatic N) is 1. The smallest absolute Gasteiger partial charge is 0.173 e. The lowest BCUT2D eigenvalue weighted by molar-refractivity contribution is -0.000263. The molecule has 0 bridgehead atoms. The third-order valence-corrected chi connectivity index (χ3v) is 5.17. The molecule has 0 aliphatic carbocycles. The van der Waals surface area contributed by atoms with Crippen molar-refractivity contribution in [3.05, 3.63) is 45.5 Å². The predicted molar refractivity (Wildman–Crippen MR) is 101 cm³/mol. The summed E-state index contributed by atoms with van der Waals surface area (Å²) >= 11 is 3.38. The Balaban J connectivity index is 1.83. The monoisotopic (exact) mass is 480 g/mol. The molecular formula is C16H15F2IN2O3S. The van der Waals surface area contributed by atoms with E-state index in [0.29, 0.717) is 10.8 Å². The van der Waals surface area contributed by atoms with Crippen LogP contribution in [0.2, 0.25) is 0 Å². The molecule has 1 aliphatic heterocycles. The van der Waals surface area contributed by atoms with E-state index in [4.69, 9.17) is 9.94 Å². The number of nitrogens with one attached hydrogen (secondary N) is 1. The average Bonchev–Trinajstić information content (AvgIpc) is 3.01. The van der Waals surface area contributed by atoms with E-state index in [1.807, 2.05) is 22.6 Å². The van der Waals surface area contributed by atoms with Gasteiger partial charge in [-0.05, 0) is 52.9 Å². The quantitative estimate of drug-likeness (QED) is 0.551. The lowest BCUT2D eigenvalue weighted by atomic mass is 10.2. The summed E-state index contributed by atoms with van der Waals surface area (Å²) in [6.07, 6.45) is -1.04. The summed E-state index contributed by atoms with van der Waals surface area (Å²) in [5.41, 5.74) is 0.525. The number of hydroxylamine groups is 1. The Hall–Kier alpha value is -1.14. The summed E-state index contributed by atoms with van der Waals surface area (Å²) < 4.78 is 29.6. The summed E-state index contributed by atoms with van der Waals surface area (Å²) in [4.78, 5) is 6.05. The van der Waals surface area contributed by atoms with Crippen LogP contribution in [0.5, 0.6) is 0 Å². The average molecular weight is 480 g/mol. The van der Waals surface area contributed by atoms with Crippen LogP contribution in [0.25, 0.3) is 0 Å². The second-order valence-electron chi connectivity index (χ2n) is 5.31. The van der Waals surface area contributed by atoms with E-state index in [1.165, 1.54) is 22.9 Å². The van der Waals surface area contributed by atoms with Gasteiger partial charge in [-0.15, -0.1) is 0 Å². The molecule has 0 amide bonds. The third kappa shape index (κ3) is 4.17. The Morgan fingerprint density at radius 1 is 1.28 bits per heavy atom. The molecule has 1 heterocycles. The molecule has 0 radical (unpaired) electrons. The number of fused-ring (bicyclic) bond motifs is 1. The maximum absolute atomic E-state index is 14.9. The van der Waals surface area contributed by atoms with Crippen molar-refractivity contribution < 1.29 is 23.8 Å². The van der Waals surface area contributed by atoms with Crippen molar-refractivity contribution >= 4 is 51.4 Å². The van der Waals surface area contributed by atoms with Crippen LogP contribution in [0.15, 0.2) is 35.2 Å². The van der Waals surface area contributed by atoms with Gasteiger partial charge in [0.25, 0.3) is 0 Å². The summed E-state index contributed by atoms with van der Waals surface area (Å²) in [5.74, 6) is -0.689. The topological polar surface area (TPSA) is 65.0 Å². The fourth-order valence-electron chi connectivity index (χ4n) is 2.25. The molecular weight excluding hydrogens is 465 g/mol. The van der Waals surface area contributed by atoms with Gasteiger partial charge in [0.15, 0.2) is 5.82 Å². The first-order valence-corrected chi connectivity index (χ1v) is 9.42. The maximum Gasteiger partial charge on any atom is 0.173 e. The number of hydrogen-bond acceptors (Lipinski definition) is 6. The number of halogens is 3. The zero-order valence-corrected chi connectivity index (χ0v) is 15.9. The molecule has 9 heteroatoms. The standard InChI is InChI=1S/C16H15F2IN2O3S/c17-11-5-9(19)1-2-12(11)20-13-3-4-14-16(15(13)18)21(8-25-14)24-7-10(23)6-22/h1-5,10,20,22-23H,6-8H2. The Morgan fingerprint density at radius 2 is 2.04 bits per heavy atom. The van der Waals surface area contributed by atoms with Gasteiger partial charge in [0.05, 0.1) is 23.9 Å². The Labute approximate surface area is 161 Å². The molecule has 0 spiro atoms. The van der Waals surface area contributed by atoms with E-state index < -0.39 is 24.3 Å². The molecule has 25 heavy (non-hydrogen) atoms. The highest BCUT2D eigenvalue weighted by Gasteiger charge is 2.27.